The molecule has 0 bridgehead atoms. The molecule has 19 heteroatoms. The molecule has 1 unspecified atom stereocenters. The minimum Gasteiger partial charge on any atom is -0.449 e. The number of piperazine rings is 1. The number of esters is 1. The van der Waals surface area contributed by atoms with Crippen LogP contribution in [-0.2, 0) is 52.5 Å². The molecule has 13 atom stereocenters. The van der Waals surface area contributed by atoms with Gasteiger partial charge in [0.15, 0.2) is 28.6 Å². The molecule has 9 aliphatic rings. The number of hydrogen-bond donors (Lipinski definition) is 4. The van der Waals surface area contributed by atoms with Crippen molar-refractivity contribution in [3.8, 4) is 0 Å². The average Bonchev–Trinajstić information content (AvgIpc) is 3.44. The lowest BCUT2D eigenvalue weighted by Crippen LogP contribution is -2.70. The Bertz CT molecular complexity index is 2310. The van der Waals surface area contributed by atoms with Gasteiger partial charge in [-0.1, -0.05) is 18.6 Å². The van der Waals surface area contributed by atoms with Gasteiger partial charge in [-0.15, -0.1) is 0 Å². The molecule has 0 aromatic heterocycles. The van der Waals surface area contributed by atoms with E-state index in [4.69, 9.17) is 35.2 Å². The van der Waals surface area contributed by atoms with Crippen LogP contribution in [0.4, 0.5) is 9.18 Å². The summed E-state index contributed by atoms with van der Waals surface area (Å²) in [5.74, 6) is -7.46. The van der Waals surface area contributed by atoms with Gasteiger partial charge in [-0.3, -0.25) is 28.8 Å². The van der Waals surface area contributed by atoms with Crippen LogP contribution in [0.2, 0.25) is 0 Å². The standard InChI is InChI=1S/C44H53FN4O14/c1-19-31(46)34(55)30-24(18-60-38(47)58)44(59-6)35-25(17-48(44)32(30)33(19)54)49(35)28(52)8-7-9-29(53)61-37(57)36(56)43-27(62-39(2,3)63-43)15-23-22-11-10-20-14-21(50)12-13-40(20,4)42(22,45)26(51)16-41(23,43)5/h12-14,22-27,35,37,51,57H,7-11,15-18,46H2,1-6H3,(H2,47,58)/t22-,23-,24+,25-,26-,27+,35-,37?,40-,41-,42-,43-,44+,49?/m0/s1. The zero-order valence-corrected chi connectivity index (χ0v) is 35.9. The SMILES string of the molecule is CO[C@@]12[C@H](COC(N)=O)C3=C(C(=O)C(C)=C(N)C3=O)N1C[C@H]1[C@@H]2N1C(=O)CCCC(=O)OC(O)C(=O)[C@@]12OC(C)(C)O[C@@H]1C[C@H]1[C@@H]3CCC4=CC(=O)C=C[C@]4(C)[C@@]3(F)[C@@H](O)C[C@@]12C. The van der Waals surface area contributed by atoms with Crippen LogP contribution in [0.1, 0.15) is 79.6 Å². The second-order valence-electron chi connectivity index (χ2n) is 19.4. The first-order valence-electron chi connectivity index (χ1n) is 21.4. The fourth-order valence-corrected chi connectivity index (χ4v) is 13.5. The van der Waals surface area contributed by atoms with E-state index in [2.05, 4.69) is 0 Å². The van der Waals surface area contributed by atoms with E-state index in [0.29, 0.717) is 12.0 Å². The van der Waals surface area contributed by atoms with Crippen LogP contribution in [0, 0.1) is 28.6 Å². The van der Waals surface area contributed by atoms with Crippen LogP contribution in [0.25, 0.3) is 0 Å². The lowest BCUT2D eigenvalue weighted by atomic mass is 9.44. The van der Waals surface area contributed by atoms with Gasteiger partial charge in [0, 0.05) is 54.4 Å². The average molecular weight is 881 g/mol. The summed E-state index contributed by atoms with van der Waals surface area (Å²) in [7, 11) is 1.36. The van der Waals surface area contributed by atoms with Gasteiger partial charge >= 0.3 is 12.1 Å². The monoisotopic (exact) mass is 880 g/mol. The Kier molecular flexibility index (Phi) is 9.54. The Balaban J connectivity index is 0.872. The molecule has 9 rings (SSSR count). The van der Waals surface area contributed by atoms with E-state index in [-0.39, 0.29) is 73.4 Å². The molecule has 63 heavy (non-hydrogen) atoms. The second kappa shape index (κ2) is 13.8. The van der Waals surface area contributed by atoms with Crippen molar-refractivity contribution < 1.29 is 71.8 Å². The molecule has 4 heterocycles. The predicted octanol–water partition coefficient (Wildman–Crippen LogP) is 1.06. The van der Waals surface area contributed by atoms with Crippen LogP contribution in [-0.4, -0.2) is 135 Å². The Hall–Kier alpha value is -4.82. The third-order valence-corrected chi connectivity index (χ3v) is 16.2. The van der Waals surface area contributed by atoms with Crippen molar-refractivity contribution in [1.82, 2.24) is 9.80 Å². The van der Waals surface area contributed by atoms with E-state index in [9.17, 15) is 43.8 Å². The molecule has 0 spiro atoms. The smallest absolute Gasteiger partial charge is 0.404 e. The number of fused-ring (bicyclic) bond motifs is 11. The van der Waals surface area contributed by atoms with Crippen molar-refractivity contribution in [2.75, 3.05) is 20.3 Å². The van der Waals surface area contributed by atoms with Crippen molar-refractivity contribution in [3.63, 3.8) is 0 Å². The van der Waals surface area contributed by atoms with E-state index < -0.39 is 124 Å². The number of nitrogens with zero attached hydrogens (tertiary/aromatic N) is 2. The van der Waals surface area contributed by atoms with Crippen molar-refractivity contribution in [2.24, 2.45) is 40.1 Å². The molecule has 0 aromatic rings. The highest BCUT2D eigenvalue weighted by Crippen LogP contribution is 2.72. The molecule has 6 N–H and O–H groups in total. The molecular formula is C44H53FN4O14. The fraction of sp³-hybridized carbons (Fsp3) is 0.659. The molecule has 18 nitrogen and oxygen atoms in total. The minimum absolute atomic E-state index is 0.0102. The summed E-state index contributed by atoms with van der Waals surface area (Å²) in [6.07, 6.45) is -1.79. The number of alkyl halides is 1. The van der Waals surface area contributed by atoms with Crippen LogP contribution < -0.4 is 11.5 Å². The van der Waals surface area contributed by atoms with Gasteiger partial charge in [-0.05, 0) is 77.9 Å². The molecule has 2 amide bonds. The van der Waals surface area contributed by atoms with E-state index in [0.717, 1.165) is 0 Å². The normalized spacial score (nSPS) is 41.8. The van der Waals surface area contributed by atoms with E-state index in [1.165, 1.54) is 37.2 Å². The summed E-state index contributed by atoms with van der Waals surface area (Å²) < 4.78 is 47.0. The number of aliphatic hydroxyl groups excluding tert-OH is 2. The molecule has 0 aromatic carbocycles. The Morgan fingerprint density at radius 3 is 2.48 bits per heavy atom. The van der Waals surface area contributed by atoms with Gasteiger partial charge in [0.05, 0.1) is 35.6 Å². The number of halogens is 1. The Morgan fingerprint density at radius 2 is 1.79 bits per heavy atom. The van der Waals surface area contributed by atoms with E-state index >= 15 is 4.39 Å². The number of hydrogen-bond acceptors (Lipinski definition) is 16. The summed E-state index contributed by atoms with van der Waals surface area (Å²) in [6.45, 7) is 7.73. The topological polar surface area (TPSA) is 264 Å². The van der Waals surface area contributed by atoms with Crippen molar-refractivity contribution in [2.45, 2.75) is 133 Å². The number of primary amides is 1. The zero-order valence-electron chi connectivity index (χ0n) is 35.9. The molecule has 4 aliphatic heterocycles. The highest BCUT2D eigenvalue weighted by molar-refractivity contribution is 6.25. The van der Waals surface area contributed by atoms with E-state index in [1.807, 2.05) is 0 Å². The number of allylic oxidation sites excluding steroid dienone is 6. The number of amides is 2. The quantitative estimate of drug-likeness (QED) is 0.103. The van der Waals surface area contributed by atoms with Gasteiger partial charge in [-0.25, -0.2) is 9.18 Å². The number of rotatable bonds is 10. The van der Waals surface area contributed by atoms with Gasteiger partial charge in [0.1, 0.15) is 12.6 Å². The molecule has 3 saturated carbocycles. The number of nitrogens with two attached hydrogens (primary N) is 2. The Labute approximate surface area is 361 Å². The lowest BCUT2D eigenvalue weighted by molar-refractivity contribution is -0.251. The van der Waals surface area contributed by atoms with Crippen molar-refractivity contribution in [1.29, 1.82) is 0 Å². The van der Waals surface area contributed by atoms with Gasteiger partial charge in [-0.2, -0.15) is 0 Å². The summed E-state index contributed by atoms with van der Waals surface area (Å²) in [5, 5.41) is 23.2. The predicted molar refractivity (Wildman–Crippen MR) is 211 cm³/mol. The van der Waals surface area contributed by atoms with E-state index in [1.54, 1.807) is 32.6 Å². The summed E-state index contributed by atoms with van der Waals surface area (Å²) >= 11 is 0. The molecule has 6 fully saturated rings. The lowest BCUT2D eigenvalue weighted by Gasteiger charge is -2.62. The number of carbonyl (C=O) groups is 7. The number of ether oxygens (including phenoxy) is 5. The summed E-state index contributed by atoms with van der Waals surface area (Å²) in [4.78, 5) is 95.6. The van der Waals surface area contributed by atoms with Crippen LogP contribution in [0.15, 0.2) is 46.3 Å². The molecular weight excluding hydrogens is 827 g/mol. The first kappa shape index (κ1) is 43.4. The summed E-state index contributed by atoms with van der Waals surface area (Å²) in [6, 6.07) is -1.14. The molecule has 5 aliphatic carbocycles. The number of aliphatic hydroxyl groups is 2. The molecule has 340 valence electrons. The first-order chi connectivity index (χ1) is 29.5. The van der Waals surface area contributed by atoms with Crippen molar-refractivity contribution in [3.05, 3.63) is 46.3 Å². The molecule has 3 saturated heterocycles. The minimum atomic E-state index is -2.33. The summed E-state index contributed by atoms with van der Waals surface area (Å²) in [5.41, 5.74) is 3.60. The Morgan fingerprint density at radius 1 is 1.08 bits per heavy atom. The first-order valence-corrected chi connectivity index (χ1v) is 21.4. The fourth-order valence-electron chi connectivity index (χ4n) is 13.5. The van der Waals surface area contributed by atoms with Crippen molar-refractivity contribution >= 4 is 41.1 Å². The highest BCUT2D eigenvalue weighted by Gasteiger charge is 2.81. The van der Waals surface area contributed by atoms with Crippen LogP contribution in [0.5, 0.6) is 0 Å². The van der Waals surface area contributed by atoms with Gasteiger partial charge < -0.3 is 55.2 Å². The number of Topliss-reactive ketones (excluding diaryl/α,β-unsaturated/α-hetero) is 3. The molecule has 0 radical (unpaired) electrons. The maximum absolute atomic E-state index is 17.8. The second-order valence-corrected chi connectivity index (χ2v) is 19.4. The number of methoxy groups -OCH3 is 1. The van der Waals surface area contributed by atoms with Gasteiger partial charge in [0.2, 0.25) is 23.3 Å². The third-order valence-electron chi connectivity index (χ3n) is 16.2. The van der Waals surface area contributed by atoms with Crippen LogP contribution >= 0.6 is 0 Å². The highest BCUT2D eigenvalue weighted by atomic mass is 19.1. The van der Waals surface area contributed by atoms with Gasteiger partial charge in [0.25, 0.3) is 6.29 Å². The van der Waals surface area contributed by atoms with Crippen LogP contribution in [0.3, 0.4) is 0 Å². The largest absolute Gasteiger partial charge is 0.449 e. The maximum atomic E-state index is 17.8. The third kappa shape index (κ3) is 5.48. The number of ketones is 4. The maximum Gasteiger partial charge on any atom is 0.404 e. The zero-order chi connectivity index (χ0) is 45.7. The number of carbonyl (C=O) groups excluding carboxylic acids is 7.